The van der Waals surface area contributed by atoms with Gasteiger partial charge < -0.3 is 10.6 Å². The lowest BCUT2D eigenvalue weighted by Gasteiger charge is -2.12. The van der Waals surface area contributed by atoms with Crippen molar-refractivity contribution in [1.82, 2.24) is 5.32 Å². The number of anilines is 1. The first-order valence-corrected chi connectivity index (χ1v) is 8.26. The Balaban J connectivity index is 2.07. The number of nitrogens with zero attached hydrogens (tertiary/aromatic N) is 1. The van der Waals surface area contributed by atoms with Crippen LogP contribution in [0.15, 0.2) is 48.2 Å². The van der Waals surface area contributed by atoms with Gasteiger partial charge in [-0.25, -0.2) is 0 Å². The van der Waals surface area contributed by atoms with Gasteiger partial charge in [0.1, 0.15) is 11.6 Å². The molecule has 5 heteroatoms. The predicted molar refractivity (Wildman–Crippen MR) is 101 cm³/mol. The smallest absolute Gasteiger partial charge is 0.267 e. The number of amides is 1. The van der Waals surface area contributed by atoms with Crippen molar-refractivity contribution in [2.75, 3.05) is 5.32 Å². The molecule has 0 aliphatic rings. The number of carbonyl (C=O) groups is 1. The van der Waals surface area contributed by atoms with Crippen molar-refractivity contribution in [3.8, 4) is 6.07 Å². The summed E-state index contributed by atoms with van der Waals surface area (Å²) in [6.45, 7) is 6.35. The van der Waals surface area contributed by atoms with E-state index in [1.807, 2.05) is 57.2 Å². The molecule has 0 saturated carbocycles. The maximum Gasteiger partial charge on any atom is 0.267 e. The van der Waals surface area contributed by atoms with Crippen LogP contribution in [0.3, 0.4) is 0 Å². The molecule has 0 spiro atoms. The molecule has 0 bridgehead atoms. The zero-order valence-corrected chi connectivity index (χ0v) is 15.2. The Morgan fingerprint density at radius 1 is 1.20 bits per heavy atom. The summed E-state index contributed by atoms with van der Waals surface area (Å²) >= 11 is 5.94. The SMILES string of the molecule is Cc1cc(C)c(NC(=O)/C(C#N)=C\NCc2cccc(Cl)c2)c(C)c1. The fourth-order valence-electron chi connectivity index (χ4n) is 2.62. The summed E-state index contributed by atoms with van der Waals surface area (Å²) in [6.07, 6.45) is 1.43. The molecule has 0 radical (unpaired) electrons. The lowest BCUT2D eigenvalue weighted by molar-refractivity contribution is -0.112. The minimum atomic E-state index is -0.434. The molecule has 0 saturated heterocycles. The van der Waals surface area contributed by atoms with Crippen LogP contribution in [0.2, 0.25) is 5.02 Å². The van der Waals surface area contributed by atoms with Crippen LogP contribution < -0.4 is 10.6 Å². The van der Waals surface area contributed by atoms with E-state index in [0.29, 0.717) is 11.6 Å². The fraction of sp³-hybridized carbons (Fsp3) is 0.200. The van der Waals surface area contributed by atoms with Crippen LogP contribution in [0.4, 0.5) is 5.69 Å². The van der Waals surface area contributed by atoms with Crippen LogP contribution in [-0.4, -0.2) is 5.91 Å². The van der Waals surface area contributed by atoms with Gasteiger partial charge in [0.2, 0.25) is 0 Å². The van der Waals surface area contributed by atoms with E-state index in [4.69, 9.17) is 11.6 Å². The average molecular weight is 354 g/mol. The summed E-state index contributed by atoms with van der Waals surface area (Å²) in [5.41, 5.74) is 4.79. The number of nitriles is 1. The fourth-order valence-corrected chi connectivity index (χ4v) is 2.84. The van der Waals surface area contributed by atoms with Crippen molar-refractivity contribution in [2.45, 2.75) is 27.3 Å². The molecule has 25 heavy (non-hydrogen) atoms. The van der Waals surface area contributed by atoms with E-state index in [9.17, 15) is 10.1 Å². The Labute approximate surface area is 153 Å². The van der Waals surface area contributed by atoms with Gasteiger partial charge in [-0.1, -0.05) is 41.4 Å². The molecule has 2 rings (SSSR count). The predicted octanol–water partition coefficient (Wildman–Crippen LogP) is 4.40. The van der Waals surface area contributed by atoms with Crippen molar-refractivity contribution in [3.63, 3.8) is 0 Å². The highest BCUT2D eigenvalue weighted by molar-refractivity contribution is 6.30. The second kappa shape index (κ2) is 8.36. The number of hydrogen-bond donors (Lipinski definition) is 2. The second-order valence-electron chi connectivity index (χ2n) is 5.91. The molecule has 0 fully saturated rings. The van der Waals surface area contributed by atoms with Crippen LogP contribution in [0, 0.1) is 32.1 Å². The number of hydrogen-bond acceptors (Lipinski definition) is 3. The number of benzene rings is 2. The summed E-state index contributed by atoms with van der Waals surface area (Å²) < 4.78 is 0. The van der Waals surface area contributed by atoms with Gasteiger partial charge in [-0.05, 0) is 49.6 Å². The molecule has 0 aromatic heterocycles. The molecule has 0 unspecified atom stereocenters. The van der Waals surface area contributed by atoms with Crippen molar-refractivity contribution in [1.29, 1.82) is 5.26 Å². The maximum atomic E-state index is 12.4. The Morgan fingerprint density at radius 2 is 1.88 bits per heavy atom. The molecule has 128 valence electrons. The number of aryl methyl sites for hydroxylation is 3. The van der Waals surface area contributed by atoms with Gasteiger partial charge in [0.25, 0.3) is 5.91 Å². The molecule has 2 aromatic carbocycles. The van der Waals surface area contributed by atoms with E-state index in [0.717, 1.165) is 27.9 Å². The minimum absolute atomic E-state index is 0.0152. The second-order valence-corrected chi connectivity index (χ2v) is 6.34. The van der Waals surface area contributed by atoms with Crippen molar-refractivity contribution in [3.05, 3.63) is 75.4 Å². The van der Waals surface area contributed by atoms with Crippen LogP contribution in [0.5, 0.6) is 0 Å². The van der Waals surface area contributed by atoms with Crippen LogP contribution >= 0.6 is 11.6 Å². The molecule has 0 aliphatic heterocycles. The first-order valence-electron chi connectivity index (χ1n) is 7.88. The van der Waals surface area contributed by atoms with Gasteiger partial charge in [0.15, 0.2) is 0 Å². The molecule has 4 nitrogen and oxygen atoms in total. The Morgan fingerprint density at radius 3 is 2.48 bits per heavy atom. The summed E-state index contributed by atoms with van der Waals surface area (Å²) in [5, 5.41) is 15.7. The Kier molecular flexibility index (Phi) is 6.21. The van der Waals surface area contributed by atoms with Gasteiger partial charge in [0, 0.05) is 23.5 Å². The largest absolute Gasteiger partial charge is 0.386 e. The summed E-state index contributed by atoms with van der Waals surface area (Å²) in [5.74, 6) is -0.434. The zero-order valence-electron chi connectivity index (χ0n) is 14.5. The summed E-state index contributed by atoms with van der Waals surface area (Å²) in [6, 6.07) is 13.3. The molecule has 2 aromatic rings. The topological polar surface area (TPSA) is 64.9 Å². The molecular weight excluding hydrogens is 334 g/mol. The van der Waals surface area contributed by atoms with Gasteiger partial charge in [0.05, 0.1) is 0 Å². The highest BCUT2D eigenvalue weighted by Gasteiger charge is 2.12. The summed E-state index contributed by atoms with van der Waals surface area (Å²) in [4.78, 5) is 12.4. The van der Waals surface area contributed by atoms with Gasteiger partial charge in [-0.2, -0.15) is 5.26 Å². The minimum Gasteiger partial charge on any atom is -0.386 e. The van der Waals surface area contributed by atoms with E-state index >= 15 is 0 Å². The first-order chi connectivity index (χ1) is 11.9. The van der Waals surface area contributed by atoms with Crippen molar-refractivity contribution >= 4 is 23.2 Å². The monoisotopic (exact) mass is 353 g/mol. The van der Waals surface area contributed by atoms with Gasteiger partial charge in [-0.3, -0.25) is 4.79 Å². The molecule has 0 atom stereocenters. The third-order valence-corrected chi connectivity index (χ3v) is 3.96. The van der Waals surface area contributed by atoms with Crippen molar-refractivity contribution in [2.24, 2.45) is 0 Å². The van der Waals surface area contributed by atoms with Crippen LogP contribution in [0.25, 0.3) is 0 Å². The van der Waals surface area contributed by atoms with Gasteiger partial charge in [-0.15, -0.1) is 0 Å². The normalized spacial score (nSPS) is 10.9. The van der Waals surface area contributed by atoms with Crippen molar-refractivity contribution < 1.29 is 4.79 Å². The lowest BCUT2D eigenvalue weighted by Crippen LogP contribution is -2.18. The molecule has 2 N–H and O–H groups in total. The standard InChI is InChI=1S/C20H20ClN3O/c1-13-7-14(2)19(15(3)8-13)24-20(25)17(10-22)12-23-11-16-5-4-6-18(21)9-16/h4-9,12,23H,11H2,1-3H3,(H,24,25)/b17-12-. The number of halogens is 1. The zero-order chi connectivity index (χ0) is 18.4. The quantitative estimate of drug-likeness (QED) is 0.618. The highest BCUT2D eigenvalue weighted by atomic mass is 35.5. The van der Waals surface area contributed by atoms with Gasteiger partial charge >= 0.3 is 0 Å². The first kappa shape index (κ1) is 18.6. The average Bonchev–Trinajstić information content (AvgIpc) is 2.55. The van der Waals surface area contributed by atoms with E-state index in [2.05, 4.69) is 10.6 Å². The number of nitrogens with one attached hydrogen (secondary N) is 2. The Bertz CT molecular complexity index is 842. The highest BCUT2D eigenvalue weighted by Crippen LogP contribution is 2.22. The van der Waals surface area contributed by atoms with Crippen LogP contribution in [0.1, 0.15) is 22.3 Å². The number of carbonyl (C=O) groups excluding carboxylic acids is 1. The molecule has 0 heterocycles. The van der Waals surface area contributed by atoms with Crippen LogP contribution in [-0.2, 0) is 11.3 Å². The molecular formula is C20H20ClN3O. The molecule has 0 aliphatic carbocycles. The lowest BCUT2D eigenvalue weighted by atomic mass is 10.0. The van der Waals surface area contributed by atoms with E-state index in [1.54, 1.807) is 6.07 Å². The van der Waals surface area contributed by atoms with E-state index < -0.39 is 5.91 Å². The molecule has 1 amide bonds. The maximum absolute atomic E-state index is 12.4. The van der Waals surface area contributed by atoms with E-state index in [1.165, 1.54) is 6.20 Å². The third-order valence-electron chi connectivity index (χ3n) is 3.72. The summed E-state index contributed by atoms with van der Waals surface area (Å²) in [7, 11) is 0. The number of rotatable bonds is 5. The third kappa shape index (κ3) is 5.10. The van der Waals surface area contributed by atoms with E-state index in [-0.39, 0.29) is 5.57 Å². The Hall–Kier alpha value is -2.77.